The molecule has 37 heavy (non-hydrogen) atoms. The Morgan fingerprint density at radius 2 is 1.46 bits per heavy atom. The molecule has 0 bridgehead atoms. The molecule has 0 amide bonds. The molecule has 4 aromatic heterocycles. The van der Waals surface area contributed by atoms with Gasteiger partial charge in [0.25, 0.3) is 0 Å². The molecule has 0 aromatic carbocycles. The maximum Gasteiger partial charge on any atom is 0.337 e. The fourth-order valence-corrected chi connectivity index (χ4v) is 3.91. The molecule has 1 aliphatic heterocycles. The number of nitrogens with zero attached hydrogens (tertiary/aromatic N) is 6. The van der Waals surface area contributed by atoms with E-state index in [2.05, 4.69) is 39.1 Å². The van der Waals surface area contributed by atoms with Gasteiger partial charge in [-0.2, -0.15) is 0 Å². The van der Waals surface area contributed by atoms with Gasteiger partial charge in [0.1, 0.15) is 11.4 Å². The summed E-state index contributed by atoms with van der Waals surface area (Å²) in [5, 5.41) is 0. The van der Waals surface area contributed by atoms with Gasteiger partial charge in [0.15, 0.2) is 0 Å². The number of nitrogens with one attached hydrogen (secondary N) is 1. The van der Waals surface area contributed by atoms with Crippen LogP contribution in [0.15, 0.2) is 61.7 Å². The van der Waals surface area contributed by atoms with Crippen molar-refractivity contribution in [2.45, 2.75) is 19.4 Å². The Morgan fingerprint density at radius 1 is 0.838 bits per heavy atom. The lowest BCUT2D eigenvalue weighted by Gasteiger charge is -2.14. The molecule has 0 unspecified atom stereocenters. The van der Waals surface area contributed by atoms with Crippen molar-refractivity contribution in [2.75, 3.05) is 33.9 Å². The molecular formula is C26H29N7O4. The number of hydrogen-bond acceptors (Lipinski definition) is 9. The van der Waals surface area contributed by atoms with Crippen LogP contribution in [0.25, 0.3) is 22.8 Å². The zero-order chi connectivity index (χ0) is 26.0. The Balaban J connectivity index is 0.000000186. The summed E-state index contributed by atoms with van der Waals surface area (Å²) in [4.78, 5) is 44.9. The molecule has 1 fully saturated rings. The molecular weight excluding hydrogens is 474 g/mol. The second-order valence-electron chi connectivity index (χ2n) is 8.34. The number of ether oxygens (including phenoxy) is 2. The average molecular weight is 504 g/mol. The van der Waals surface area contributed by atoms with E-state index in [1.54, 1.807) is 49.2 Å². The smallest absolute Gasteiger partial charge is 0.337 e. The Labute approximate surface area is 214 Å². The summed E-state index contributed by atoms with van der Waals surface area (Å²) < 4.78 is 11.4. The first-order valence-electron chi connectivity index (χ1n) is 11.9. The van der Waals surface area contributed by atoms with Crippen molar-refractivity contribution in [3.8, 4) is 22.8 Å². The minimum atomic E-state index is -0.380. The van der Waals surface area contributed by atoms with E-state index in [-0.39, 0.29) is 11.9 Å². The van der Waals surface area contributed by atoms with Gasteiger partial charge in [-0.05, 0) is 50.2 Å². The van der Waals surface area contributed by atoms with Crippen LogP contribution in [-0.4, -0.2) is 80.2 Å². The highest BCUT2D eigenvalue weighted by Gasteiger charge is 2.13. The van der Waals surface area contributed by atoms with Crippen LogP contribution in [0.1, 0.15) is 33.6 Å². The van der Waals surface area contributed by atoms with Crippen molar-refractivity contribution in [1.82, 2.24) is 34.4 Å². The van der Waals surface area contributed by atoms with E-state index in [1.165, 1.54) is 40.2 Å². The van der Waals surface area contributed by atoms with Gasteiger partial charge in [-0.3, -0.25) is 9.97 Å². The standard InChI is InChI=1S/C16H20N4O2.C10H9N3O2/c1-22-16(21)13-4-5-17-14(10-13)15-11-20(12-18-15)9-8-19-6-2-3-7-19;1-15-10(14)7-2-3-12-8(4-7)9-5-11-6-13-9/h4-5,10-12H,2-3,6-9H2,1H3;2-6H,1H3,(H,11,13). The van der Waals surface area contributed by atoms with Crippen LogP contribution in [0.4, 0.5) is 0 Å². The Hall–Kier alpha value is -4.38. The number of esters is 2. The summed E-state index contributed by atoms with van der Waals surface area (Å²) in [6.07, 6.45) is 12.8. The van der Waals surface area contributed by atoms with Crippen molar-refractivity contribution in [1.29, 1.82) is 0 Å². The van der Waals surface area contributed by atoms with Gasteiger partial charge >= 0.3 is 11.9 Å². The van der Waals surface area contributed by atoms with Gasteiger partial charge in [-0.1, -0.05) is 0 Å². The zero-order valence-electron chi connectivity index (χ0n) is 20.8. The van der Waals surface area contributed by atoms with Crippen molar-refractivity contribution < 1.29 is 19.1 Å². The number of H-pyrrole nitrogens is 1. The molecule has 0 saturated carbocycles. The lowest BCUT2D eigenvalue weighted by Crippen LogP contribution is -2.23. The molecule has 0 atom stereocenters. The molecule has 5 rings (SSSR count). The monoisotopic (exact) mass is 503 g/mol. The van der Waals surface area contributed by atoms with E-state index in [0.29, 0.717) is 28.2 Å². The van der Waals surface area contributed by atoms with E-state index in [1.807, 2.05) is 12.5 Å². The normalized spacial score (nSPS) is 13.0. The first kappa shape index (κ1) is 25.7. The molecule has 192 valence electrons. The van der Waals surface area contributed by atoms with Crippen LogP contribution in [-0.2, 0) is 16.0 Å². The van der Waals surface area contributed by atoms with Crippen LogP contribution in [0.5, 0.6) is 0 Å². The van der Waals surface area contributed by atoms with E-state index in [0.717, 1.165) is 18.8 Å². The van der Waals surface area contributed by atoms with Gasteiger partial charge in [0, 0.05) is 37.9 Å². The minimum Gasteiger partial charge on any atom is -0.465 e. The number of carbonyl (C=O) groups excluding carboxylic acids is 2. The summed E-state index contributed by atoms with van der Waals surface area (Å²) in [5.41, 5.74) is 3.74. The number of rotatable bonds is 7. The fraction of sp³-hybridized carbons (Fsp3) is 0.308. The van der Waals surface area contributed by atoms with E-state index < -0.39 is 0 Å². The zero-order valence-corrected chi connectivity index (χ0v) is 20.8. The van der Waals surface area contributed by atoms with Crippen molar-refractivity contribution in [3.05, 3.63) is 72.8 Å². The third-order valence-electron chi connectivity index (χ3n) is 5.89. The highest BCUT2D eigenvalue weighted by atomic mass is 16.5. The maximum absolute atomic E-state index is 11.6. The molecule has 0 spiro atoms. The summed E-state index contributed by atoms with van der Waals surface area (Å²) in [5.74, 6) is -0.744. The molecule has 1 aliphatic rings. The molecule has 11 heteroatoms. The Morgan fingerprint density at radius 3 is 2.03 bits per heavy atom. The molecule has 11 nitrogen and oxygen atoms in total. The number of aromatic nitrogens is 6. The van der Waals surface area contributed by atoms with Crippen LogP contribution >= 0.6 is 0 Å². The predicted molar refractivity (Wildman–Crippen MR) is 136 cm³/mol. The van der Waals surface area contributed by atoms with Crippen LogP contribution in [0, 0.1) is 0 Å². The topological polar surface area (TPSA) is 128 Å². The fourth-order valence-electron chi connectivity index (χ4n) is 3.91. The average Bonchev–Trinajstić information content (AvgIpc) is 3.75. The summed E-state index contributed by atoms with van der Waals surface area (Å²) in [6.45, 7) is 4.36. The quantitative estimate of drug-likeness (QED) is 0.378. The van der Waals surface area contributed by atoms with Gasteiger partial charge in [0.05, 0.1) is 49.4 Å². The first-order valence-corrected chi connectivity index (χ1v) is 11.9. The maximum atomic E-state index is 11.6. The largest absolute Gasteiger partial charge is 0.465 e. The molecule has 0 radical (unpaired) electrons. The third-order valence-corrected chi connectivity index (χ3v) is 5.89. The molecule has 1 saturated heterocycles. The van der Waals surface area contributed by atoms with Crippen LogP contribution < -0.4 is 0 Å². The first-order chi connectivity index (χ1) is 18.1. The van der Waals surface area contributed by atoms with Gasteiger partial charge in [-0.15, -0.1) is 0 Å². The SMILES string of the molecule is COC(=O)c1ccnc(-c2c[nH]cn2)c1.COC(=O)c1ccnc(-c2cn(CCN3CCCC3)cn2)c1. The summed E-state index contributed by atoms with van der Waals surface area (Å²) in [7, 11) is 2.71. The van der Waals surface area contributed by atoms with Crippen molar-refractivity contribution in [2.24, 2.45) is 0 Å². The third kappa shape index (κ3) is 6.85. The van der Waals surface area contributed by atoms with E-state index >= 15 is 0 Å². The minimum absolute atomic E-state index is 0.364. The Bertz CT molecular complexity index is 1310. The van der Waals surface area contributed by atoms with Gasteiger partial charge < -0.3 is 23.9 Å². The number of carbonyl (C=O) groups is 2. The molecule has 0 aliphatic carbocycles. The predicted octanol–water partition coefficient (Wildman–Crippen LogP) is 3.09. The second-order valence-corrected chi connectivity index (χ2v) is 8.34. The van der Waals surface area contributed by atoms with E-state index in [9.17, 15) is 9.59 Å². The number of methoxy groups -OCH3 is 2. The highest BCUT2D eigenvalue weighted by Crippen LogP contribution is 2.17. The number of hydrogen-bond donors (Lipinski definition) is 1. The van der Waals surface area contributed by atoms with Gasteiger partial charge in [-0.25, -0.2) is 19.6 Å². The highest BCUT2D eigenvalue weighted by molar-refractivity contribution is 5.90. The number of likely N-dealkylation sites (tertiary alicyclic amines) is 1. The van der Waals surface area contributed by atoms with Crippen LogP contribution in [0.2, 0.25) is 0 Å². The molecule has 5 heterocycles. The van der Waals surface area contributed by atoms with Crippen molar-refractivity contribution in [3.63, 3.8) is 0 Å². The summed E-state index contributed by atoms with van der Waals surface area (Å²) in [6, 6.07) is 6.59. The van der Waals surface area contributed by atoms with Crippen LogP contribution in [0.3, 0.4) is 0 Å². The molecule has 4 aromatic rings. The van der Waals surface area contributed by atoms with Crippen molar-refractivity contribution >= 4 is 11.9 Å². The number of pyridine rings is 2. The van der Waals surface area contributed by atoms with Gasteiger partial charge in [0.2, 0.25) is 0 Å². The molecule has 1 N–H and O–H groups in total. The summed E-state index contributed by atoms with van der Waals surface area (Å²) >= 11 is 0. The number of aromatic amines is 1. The lowest BCUT2D eigenvalue weighted by atomic mass is 10.2. The number of imidazole rings is 2. The van der Waals surface area contributed by atoms with E-state index in [4.69, 9.17) is 4.74 Å². The Kier molecular flexibility index (Phi) is 8.71. The lowest BCUT2D eigenvalue weighted by molar-refractivity contribution is 0.0592. The second kappa shape index (κ2) is 12.5.